The number of rotatable bonds is 1. The highest BCUT2D eigenvalue weighted by atomic mass is 16.5. The summed E-state index contributed by atoms with van der Waals surface area (Å²) in [4.78, 5) is 0. The van der Waals surface area contributed by atoms with Gasteiger partial charge in [0.15, 0.2) is 0 Å². The number of nitrogens with one attached hydrogen (secondary N) is 1. The molecule has 1 spiro atoms. The topological polar surface area (TPSA) is 30.5 Å². The van der Waals surface area contributed by atoms with Gasteiger partial charge in [-0.2, -0.15) is 0 Å². The summed E-state index contributed by atoms with van der Waals surface area (Å²) in [6.07, 6.45) is 3.71. The van der Waals surface area contributed by atoms with E-state index in [1.54, 1.807) is 0 Å². The van der Waals surface area contributed by atoms with E-state index >= 15 is 0 Å². The average molecular weight is 227 g/mol. The monoisotopic (exact) mass is 227 g/mol. The van der Waals surface area contributed by atoms with Crippen molar-refractivity contribution in [1.82, 2.24) is 5.32 Å². The van der Waals surface area contributed by atoms with Crippen LogP contribution in [-0.4, -0.2) is 36.5 Å². The third kappa shape index (κ3) is 2.41. The Bertz CT molecular complexity index is 246. The van der Waals surface area contributed by atoms with Crippen LogP contribution in [0.4, 0.5) is 0 Å². The molecule has 3 unspecified atom stereocenters. The van der Waals surface area contributed by atoms with Gasteiger partial charge in [0.25, 0.3) is 0 Å². The lowest BCUT2D eigenvalue weighted by Gasteiger charge is -2.51. The van der Waals surface area contributed by atoms with Crippen LogP contribution in [0.25, 0.3) is 0 Å². The Balaban J connectivity index is 2.11. The van der Waals surface area contributed by atoms with E-state index in [0.717, 1.165) is 32.4 Å². The zero-order valence-electron chi connectivity index (χ0n) is 11.0. The highest BCUT2D eigenvalue weighted by Gasteiger charge is 2.46. The van der Waals surface area contributed by atoms with Crippen LogP contribution in [0.5, 0.6) is 0 Å². The van der Waals surface area contributed by atoms with E-state index in [4.69, 9.17) is 9.47 Å². The second-order valence-electron chi connectivity index (χ2n) is 5.86. The smallest absolute Gasteiger partial charge is 0.0863 e. The van der Waals surface area contributed by atoms with Gasteiger partial charge in [0.1, 0.15) is 0 Å². The molecule has 2 fully saturated rings. The summed E-state index contributed by atoms with van der Waals surface area (Å²) in [5.41, 5.74) is -0.00484. The first-order chi connectivity index (χ1) is 7.47. The lowest BCUT2D eigenvalue weighted by atomic mass is 9.84. The van der Waals surface area contributed by atoms with Gasteiger partial charge in [0.05, 0.1) is 23.4 Å². The average Bonchev–Trinajstić information content (AvgIpc) is 2.15. The Morgan fingerprint density at radius 2 is 1.81 bits per heavy atom. The molecule has 0 aromatic rings. The van der Waals surface area contributed by atoms with E-state index in [2.05, 4.69) is 33.0 Å². The highest BCUT2D eigenvalue weighted by molar-refractivity contribution is 4.98. The van der Waals surface area contributed by atoms with E-state index in [1.165, 1.54) is 0 Å². The fraction of sp³-hybridized carbons (Fsp3) is 1.00. The molecule has 0 saturated carbocycles. The van der Waals surface area contributed by atoms with Gasteiger partial charge in [-0.25, -0.2) is 0 Å². The molecule has 0 aromatic carbocycles. The van der Waals surface area contributed by atoms with E-state index in [9.17, 15) is 0 Å². The molecule has 3 nitrogen and oxygen atoms in total. The van der Waals surface area contributed by atoms with Crippen molar-refractivity contribution in [2.24, 2.45) is 0 Å². The molecule has 2 aliphatic heterocycles. The molecule has 0 radical (unpaired) electrons. The van der Waals surface area contributed by atoms with E-state index in [0.29, 0.717) is 12.2 Å². The van der Waals surface area contributed by atoms with Gasteiger partial charge in [0.2, 0.25) is 0 Å². The van der Waals surface area contributed by atoms with E-state index in [-0.39, 0.29) is 11.2 Å². The second kappa shape index (κ2) is 4.28. The molecule has 0 aromatic heterocycles. The van der Waals surface area contributed by atoms with Crippen molar-refractivity contribution in [3.8, 4) is 0 Å². The zero-order valence-corrected chi connectivity index (χ0v) is 11.0. The number of morpholine rings is 1. The molecule has 2 saturated heterocycles. The van der Waals surface area contributed by atoms with Crippen molar-refractivity contribution in [3.63, 3.8) is 0 Å². The summed E-state index contributed by atoms with van der Waals surface area (Å²) >= 11 is 0. The largest absolute Gasteiger partial charge is 0.375 e. The number of hydrogen-bond donors (Lipinski definition) is 1. The molecular weight excluding hydrogens is 202 g/mol. The molecule has 94 valence electrons. The summed E-state index contributed by atoms with van der Waals surface area (Å²) in [7, 11) is 0. The number of ether oxygens (including phenoxy) is 2. The third-order valence-corrected chi connectivity index (χ3v) is 3.94. The van der Waals surface area contributed by atoms with Gasteiger partial charge < -0.3 is 14.8 Å². The normalized spacial score (nSPS) is 49.5. The molecule has 0 bridgehead atoms. The maximum Gasteiger partial charge on any atom is 0.0863 e. The quantitative estimate of drug-likeness (QED) is 0.744. The maximum atomic E-state index is 6.45. The summed E-state index contributed by atoms with van der Waals surface area (Å²) < 4.78 is 12.3. The molecule has 2 aliphatic rings. The Morgan fingerprint density at radius 1 is 1.19 bits per heavy atom. The van der Waals surface area contributed by atoms with Gasteiger partial charge in [-0.15, -0.1) is 0 Å². The number of hydrogen-bond acceptors (Lipinski definition) is 3. The highest BCUT2D eigenvalue weighted by Crippen LogP contribution is 2.38. The van der Waals surface area contributed by atoms with Crippen molar-refractivity contribution in [1.29, 1.82) is 0 Å². The minimum Gasteiger partial charge on any atom is -0.375 e. The Hall–Kier alpha value is -0.120. The van der Waals surface area contributed by atoms with Gasteiger partial charge >= 0.3 is 0 Å². The molecule has 3 heteroatoms. The van der Waals surface area contributed by atoms with E-state index in [1.807, 2.05) is 0 Å². The van der Waals surface area contributed by atoms with Crippen LogP contribution in [0.3, 0.4) is 0 Å². The predicted octanol–water partition coefficient (Wildman–Crippen LogP) is 2.10. The van der Waals surface area contributed by atoms with E-state index < -0.39 is 0 Å². The van der Waals surface area contributed by atoms with Gasteiger partial charge in [-0.05, 0) is 27.2 Å². The van der Waals surface area contributed by atoms with Crippen molar-refractivity contribution >= 4 is 0 Å². The molecule has 2 heterocycles. The first-order valence-electron chi connectivity index (χ1n) is 6.53. The van der Waals surface area contributed by atoms with Crippen molar-refractivity contribution < 1.29 is 9.47 Å². The van der Waals surface area contributed by atoms with Gasteiger partial charge in [0, 0.05) is 25.9 Å². The van der Waals surface area contributed by atoms with Crippen LogP contribution >= 0.6 is 0 Å². The molecule has 0 amide bonds. The fourth-order valence-corrected chi connectivity index (χ4v) is 3.20. The minimum absolute atomic E-state index is 0.0000926. The first kappa shape index (κ1) is 12.3. The van der Waals surface area contributed by atoms with Crippen molar-refractivity contribution in [2.75, 3.05) is 13.1 Å². The predicted molar refractivity (Wildman–Crippen MR) is 64.6 cm³/mol. The van der Waals surface area contributed by atoms with Crippen LogP contribution in [0.2, 0.25) is 0 Å². The SMILES string of the molecule is CCC1(C)CNCC2(CC(C)OC(C)C2)O1. The van der Waals surface area contributed by atoms with Crippen LogP contribution in [0.1, 0.15) is 47.0 Å². The van der Waals surface area contributed by atoms with Gasteiger partial charge in [-0.3, -0.25) is 0 Å². The maximum absolute atomic E-state index is 6.45. The lowest BCUT2D eigenvalue weighted by molar-refractivity contribution is -0.225. The molecule has 1 N–H and O–H groups in total. The fourth-order valence-electron chi connectivity index (χ4n) is 3.20. The van der Waals surface area contributed by atoms with Crippen LogP contribution < -0.4 is 5.32 Å². The molecule has 0 aliphatic carbocycles. The molecule has 16 heavy (non-hydrogen) atoms. The van der Waals surface area contributed by atoms with Crippen LogP contribution in [0.15, 0.2) is 0 Å². The summed E-state index contributed by atoms with van der Waals surface area (Å²) in [6, 6.07) is 0. The third-order valence-electron chi connectivity index (χ3n) is 3.94. The second-order valence-corrected chi connectivity index (χ2v) is 5.86. The lowest BCUT2D eigenvalue weighted by Crippen LogP contribution is -2.62. The van der Waals surface area contributed by atoms with Crippen LogP contribution in [0, 0.1) is 0 Å². The molecule has 3 atom stereocenters. The van der Waals surface area contributed by atoms with Crippen LogP contribution in [-0.2, 0) is 9.47 Å². The van der Waals surface area contributed by atoms with Crippen molar-refractivity contribution in [2.45, 2.75) is 70.4 Å². The molecule has 2 rings (SSSR count). The standard InChI is InChI=1S/C13H25NO2/c1-5-12(4)8-14-9-13(16-12)6-10(2)15-11(3)7-13/h10-11,14H,5-9H2,1-4H3. The Kier molecular flexibility index (Phi) is 3.30. The molecular formula is C13H25NO2. The summed E-state index contributed by atoms with van der Waals surface area (Å²) in [6.45, 7) is 10.7. The Morgan fingerprint density at radius 3 is 2.38 bits per heavy atom. The first-order valence-corrected chi connectivity index (χ1v) is 6.53. The van der Waals surface area contributed by atoms with Crippen molar-refractivity contribution in [3.05, 3.63) is 0 Å². The minimum atomic E-state index is -0.00493. The summed E-state index contributed by atoms with van der Waals surface area (Å²) in [5.74, 6) is 0. The summed E-state index contributed by atoms with van der Waals surface area (Å²) in [5, 5.41) is 3.55. The van der Waals surface area contributed by atoms with Gasteiger partial charge in [-0.1, -0.05) is 6.92 Å². The zero-order chi connectivity index (χ0) is 11.8. The Labute approximate surface area is 98.9 Å².